The van der Waals surface area contributed by atoms with E-state index in [1.807, 2.05) is 18.2 Å². The number of ether oxygens (including phenoxy) is 2. The molecule has 0 fully saturated rings. The summed E-state index contributed by atoms with van der Waals surface area (Å²) in [6, 6.07) is 14.4. The maximum atomic E-state index is 14.2. The predicted octanol–water partition coefficient (Wildman–Crippen LogP) is 7.36. The molecule has 0 N–H and O–H groups in total. The van der Waals surface area contributed by atoms with E-state index in [2.05, 4.69) is 75.4 Å². The predicted molar refractivity (Wildman–Crippen MR) is 171 cm³/mol. The molecule has 0 spiro atoms. The Morgan fingerprint density at radius 2 is 1.58 bits per heavy atom. The van der Waals surface area contributed by atoms with Crippen molar-refractivity contribution >= 4 is 11.6 Å². The third-order valence-corrected chi connectivity index (χ3v) is 8.86. The van der Waals surface area contributed by atoms with Crippen LogP contribution in [0.15, 0.2) is 77.7 Å². The molecule has 1 aliphatic heterocycles. The van der Waals surface area contributed by atoms with Crippen LogP contribution in [0, 0.1) is 23.2 Å². The van der Waals surface area contributed by atoms with Gasteiger partial charge in [-0.3, -0.25) is 9.59 Å². The molecular formula is C38H43NO4. The number of hydrogen-bond acceptors (Lipinski definition) is 5. The van der Waals surface area contributed by atoms with E-state index in [9.17, 15) is 9.59 Å². The third kappa shape index (κ3) is 6.07. The molecular weight excluding hydrogens is 534 g/mol. The summed E-state index contributed by atoms with van der Waals surface area (Å²) in [7, 11) is 1.60. The molecule has 0 radical (unpaired) electrons. The molecule has 0 saturated heterocycles. The Labute approximate surface area is 256 Å². The highest BCUT2D eigenvalue weighted by Gasteiger charge is 2.49. The zero-order valence-corrected chi connectivity index (χ0v) is 26.2. The first kappa shape index (κ1) is 30.4. The van der Waals surface area contributed by atoms with Gasteiger partial charge in [-0.2, -0.15) is 0 Å². The molecule has 0 amide bonds. The Morgan fingerprint density at radius 3 is 2.12 bits per heavy atom. The van der Waals surface area contributed by atoms with E-state index < -0.39 is 5.92 Å². The summed E-state index contributed by atoms with van der Waals surface area (Å²) >= 11 is 0. The minimum absolute atomic E-state index is 0.103. The van der Waals surface area contributed by atoms with Crippen molar-refractivity contribution in [1.82, 2.24) is 4.90 Å². The first-order valence-electron chi connectivity index (χ1n) is 15.2. The SMILES string of the molecule is C#CCOc1c(CC=C)cc(C2C3=C(CC(C)(C)CC3=O)N(CCc3ccccc3)C3=C2C(=O)CC(C)(C)C3)cc1OC. The van der Waals surface area contributed by atoms with Crippen molar-refractivity contribution in [2.75, 3.05) is 20.3 Å². The molecule has 1 heterocycles. The van der Waals surface area contributed by atoms with Gasteiger partial charge in [-0.25, -0.2) is 0 Å². The highest BCUT2D eigenvalue weighted by Crippen LogP contribution is 2.55. The Hall–Kier alpha value is -4.04. The van der Waals surface area contributed by atoms with Crippen LogP contribution >= 0.6 is 0 Å². The number of carbonyl (C=O) groups is 2. The molecule has 0 saturated carbocycles. The van der Waals surface area contributed by atoms with Crippen molar-refractivity contribution in [3.05, 3.63) is 94.4 Å². The summed E-state index contributed by atoms with van der Waals surface area (Å²) in [4.78, 5) is 30.8. The molecule has 3 aliphatic rings. The number of carbonyl (C=O) groups excluding carboxylic acids is 2. The zero-order chi connectivity index (χ0) is 30.9. The normalized spacial score (nSPS) is 19.5. The molecule has 5 heteroatoms. The molecule has 2 aromatic rings. The van der Waals surface area contributed by atoms with Gasteiger partial charge in [0.15, 0.2) is 23.1 Å². The number of hydrogen-bond donors (Lipinski definition) is 0. The van der Waals surface area contributed by atoms with Crippen molar-refractivity contribution in [1.29, 1.82) is 0 Å². The maximum absolute atomic E-state index is 14.2. The molecule has 5 nitrogen and oxygen atoms in total. The van der Waals surface area contributed by atoms with Crippen LogP contribution in [0.25, 0.3) is 0 Å². The lowest BCUT2D eigenvalue weighted by Crippen LogP contribution is -2.45. The lowest BCUT2D eigenvalue weighted by Gasteiger charge is -2.49. The van der Waals surface area contributed by atoms with E-state index >= 15 is 0 Å². The van der Waals surface area contributed by atoms with E-state index in [1.165, 1.54) is 5.56 Å². The third-order valence-electron chi connectivity index (χ3n) is 8.86. The number of allylic oxidation sites excluding steroid dienone is 5. The van der Waals surface area contributed by atoms with Crippen molar-refractivity contribution in [2.45, 2.75) is 72.1 Å². The van der Waals surface area contributed by atoms with Crippen LogP contribution in [0.3, 0.4) is 0 Å². The molecule has 0 bridgehead atoms. The fourth-order valence-corrected chi connectivity index (χ4v) is 7.12. The number of rotatable bonds is 9. The van der Waals surface area contributed by atoms with Gasteiger partial charge in [0.05, 0.1) is 7.11 Å². The Balaban J connectivity index is 1.74. The van der Waals surface area contributed by atoms with Gasteiger partial charge >= 0.3 is 0 Å². The average molecular weight is 578 g/mol. The van der Waals surface area contributed by atoms with Crippen LogP contribution in [0.1, 0.15) is 76.0 Å². The first-order chi connectivity index (χ1) is 20.5. The zero-order valence-electron chi connectivity index (χ0n) is 26.2. The van der Waals surface area contributed by atoms with E-state index in [1.54, 1.807) is 7.11 Å². The molecule has 43 heavy (non-hydrogen) atoms. The van der Waals surface area contributed by atoms with Crippen molar-refractivity contribution in [3.8, 4) is 23.8 Å². The quantitative estimate of drug-likeness (QED) is 0.230. The second-order valence-electron chi connectivity index (χ2n) is 13.6. The molecule has 2 aromatic carbocycles. The van der Waals surface area contributed by atoms with Crippen LogP contribution in [0.2, 0.25) is 0 Å². The number of methoxy groups -OCH3 is 1. The largest absolute Gasteiger partial charge is 0.493 e. The van der Waals surface area contributed by atoms with Gasteiger partial charge in [-0.05, 0) is 53.7 Å². The van der Waals surface area contributed by atoms with Gasteiger partial charge in [0.1, 0.15) is 6.61 Å². The Bertz CT molecular complexity index is 1500. The molecule has 0 unspecified atom stereocenters. The number of Topliss-reactive ketones (excluding diaryl/α,β-unsaturated/α-hetero) is 2. The van der Waals surface area contributed by atoms with Gasteiger partial charge in [0.2, 0.25) is 0 Å². The Kier molecular flexibility index (Phi) is 8.43. The molecule has 2 aliphatic carbocycles. The standard InChI is InChI=1S/C38H43NO4/c1-8-13-26-19-27(20-32(42-7)36(26)43-18-9-2)33-34-28(21-37(3,4)23-30(34)40)39(17-16-25-14-11-10-12-15-25)29-22-38(5,6)24-31(41)35(29)33/h2,8,10-12,14-15,19-20,33H,1,13,16-18,21-24H2,3-7H3. The Morgan fingerprint density at radius 1 is 0.977 bits per heavy atom. The summed E-state index contributed by atoms with van der Waals surface area (Å²) in [6.07, 6.45) is 11.1. The number of benzene rings is 2. The second kappa shape index (κ2) is 11.9. The smallest absolute Gasteiger partial charge is 0.166 e. The van der Waals surface area contributed by atoms with Crippen LogP contribution < -0.4 is 9.47 Å². The van der Waals surface area contributed by atoms with Gasteiger partial charge in [0, 0.05) is 53.4 Å². The lowest BCUT2D eigenvalue weighted by atomic mass is 9.63. The minimum atomic E-state index is -0.468. The lowest BCUT2D eigenvalue weighted by molar-refractivity contribution is -0.119. The van der Waals surface area contributed by atoms with Crippen molar-refractivity contribution < 1.29 is 19.1 Å². The summed E-state index contributed by atoms with van der Waals surface area (Å²) < 4.78 is 11.8. The maximum Gasteiger partial charge on any atom is 0.166 e. The number of nitrogens with zero attached hydrogens (tertiary/aromatic N) is 1. The van der Waals surface area contributed by atoms with Crippen LogP contribution in [-0.4, -0.2) is 36.7 Å². The van der Waals surface area contributed by atoms with E-state index in [4.69, 9.17) is 15.9 Å². The van der Waals surface area contributed by atoms with Gasteiger partial charge in [-0.1, -0.05) is 76.1 Å². The molecule has 5 rings (SSSR count). The average Bonchev–Trinajstić information content (AvgIpc) is 2.94. The van der Waals surface area contributed by atoms with Crippen LogP contribution in [0.5, 0.6) is 11.5 Å². The van der Waals surface area contributed by atoms with Crippen LogP contribution in [0.4, 0.5) is 0 Å². The molecule has 0 atom stereocenters. The van der Waals surface area contributed by atoms with Gasteiger partial charge < -0.3 is 14.4 Å². The fraction of sp³-hybridized carbons (Fsp3) is 0.421. The fourth-order valence-electron chi connectivity index (χ4n) is 7.12. The van der Waals surface area contributed by atoms with Gasteiger partial charge in [0.25, 0.3) is 0 Å². The number of terminal acetylenes is 1. The summed E-state index contributed by atoms with van der Waals surface area (Å²) in [6.45, 7) is 13.4. The first-order valence-corrected chi connectivity index (χ1v) is 15.2. The number of ketones is 2. The van der Waals surface area contributed by atoms with E-state index in [0.29, 0.717) is 37.3 Å². The molecule has 224 valence electrons. The minimum Gasteiger partial charge on any atom is -0.493 e. The van der Waals surface area contributed by atoms with Crippen molar-refractivity contribution in [3.63, 3.8) is 0 Å². The summed E-state index contributed by atoms with van der Waals surface area (Å²) in [5.74, 6) is 3.39. The molecule has 0 aromatic heterocycles. The summed E-state index contributed by atoms with van der Waals surface area (Å²) in [5.41, 5.74) is 6.22. The highest BCUT2D eigenvalue weighted by atomic mass is 16.5. The highest BCUT2D eigenvalue weighted by molar-refractivity contribution is 6.06. The van der Waals surface area contributed by atoms with E-state index in [-0.39, 0.29) is 29.0 Å². The topological polar surface area (TPSA) is 55.8 Å². The van der Waals surface area contributed by atoms with Crippen LogP contribution in [-0.2, 0) is 22.4 Å². The summed E-state index contributed by atoms with van der Waals surface area (Å²) in [5, 5.41) is 0. The second-order valence-corrected chi connectivity index (χ2v) is 13.6. The monoisotopic (exact) mass is 577 g/mol. The van der Waals surface area contributed by atoms with Gasteiger partial charge in [-0.15, -0.1) is 13.0 Å². The van der Waals surface area contributed by atoms with Crippen molar-refractivity contribution in [2.24, 2.45) is 10.8 Å². The van der Waals surface area contributed by atoms with E-state index in [0.717, 1.165) is 52.9 Å².